The molecule has 10 heteroatoms. The van der Waals surface area contributed by atoms with Crippen molar-refractivity contribution >= 4 is 18.0 Å². The molecule has 0 aliphatic carbocycles. The highest BCUT2D eigenvalue weighted by atomic mass is 16.7. The molecule has 2 saturated heterocycles. The molecule has 0 radical (unpaired) electrons. The van der Waals surface area contributed by atoms with E-state index in [4.69, 9.17) is 14.4 Å². The van der Waals surface area contributed by atoms with Crippen LogP contribution in [0.2, 0.25) is 0 Å². The molecule has 3 atom stereocenters. The average Bonchev–Trinajstić information content (AvgIpc) is 3.05. The number of nitrogens with one attached hydrogen (secondary N) is 1. The summed E-state index contributed by atoms with van der Waals surface area (Å²) >= 11 is 0. The highest BCUT2D eigenvalue weighted by Crippen LogP contribution is 2.30. The van der Waals surface area contributed by atoms with E-state index in [0.29, 0.717) is 32.4 Å². The SMILES string of the molecule is CCCC(CONC(=O)C1CCC2CN1C(=O)N2OCc1ccccc1)N(C)C(=O)OC(C)(C)C. The molecule has 1 N–H and O–H groups in total. The van der Waals surface area contributed by atoms with E-state index in [1.54, 1.807) is 7.05 Å². The molecule has 0 aromatic heterocycles. The molecule has 0 saturated carbocycles. The molecule has 3 rings (SSSR count). The van der Waals surface area contributed by atoms with Crippen LogP contribution in [0.15, 0.2) is 30.3 Å². The van der Waals surface area contributed by atoms with Gasteiger partial charge in [0.2, 0.25) is 0 Å². The van der Waals surface area contributed by atoms with Crippen LogP contribution >= 0.6 is 0 Å². The van der Waals surface area contributed by atoms with Gasteiger partial charge in [-0.25, -0.2) is 15.1 Å². The number of ether oxygens (including phenoxy) is 1. The molecule has 2 aliphatic rings. The molecule has 2 bridgehead atoms. The van der Waals surface area contributed by atoms with Gasteiger partial charge in [0.25, 0.3) is 5.91 Å². The minimum atomic E-state index is -0.628. The van der Waals surface area contributed by atoms with E-state index in [1.165, 1.54) is 14.9 Å². The Morgan fingerprint density at radius 3 is 2.57 bits per heavy atom. The second kappa shape index (κ2) is 11.7. The van der Waals surface area contributed by atoms with Crippen molar-refractivity contribution in [2.45, 2.75) is 83.7 Å². The number of hydroxylamine groups is 3. The summed E-state index contributed by atoms with van der Waals surface area (Å²) in [6.45, 7) is 8.29. The van der Waals surface area contributed by atoms with E-state index in [-0.39, 0.29) is 30.6 Å². The Morgan fingerprint density at radius 2 is 1.91 bits per heavy atom. The Kier molecular flexibility index (Phi) is 8.96. The Bertz CT molecular complexity index is 874. The normalized spacial score (nSPS) is 20.5. The highest BCUT2D eigenvalue weighted by Gasteiger charge is 2.48. The molecular weight excluding hydrogens is 452 g/mol. The molecule has 2 fully saturated rings. The van der Waals surface area contributed by atoms with Gasteiger partial charge < -0.3 is 14.5 Å². The molecule has 2 heterocycles. The fourth-order valence-corrected chi connectivity index (χ4v) is 4.27. The Balaban J connectivity index is 1.50. The van der Waals surface area contributed by atoms with Crippen LogP contribution in [0.5, 0.6) is 0 Å². The number of likely N-dealkylation sites (N-methyl/N-ethyl adjacent to an activating group) is 1. The van der Waals surface area contributed by atoms with E-state index in [0.717, 1.165) is 12.0 Å². The fraction of sp³-hybridized carbons (Fsp3) is 0.640. The molecule has 1 aromatic rings. The maximum absolute atomic E-state index is 12.9. The lowest BCUT2D eigenvalue weighted by Gasteiger charge is -2.31. The first-order valence-corrected chi connectivity index (χ1v) is 12.2. The molecule has 0 spiro atoms. The summed E-state index contributed by atoms with van der Waals surface area (Å²) in [4.78, 5) is 52.5. The average molecular weight is 491 g/mol. The molecule has 1 aromatic carbocycles. The van der Waals surface area contributed by atoms with Crippen molar-refractivity contribution in [3.63, 3.8) is 0 Å². The van der Waals surface area contributed by atoms with Crippen LogP contribution < -0.4 is 5.48 Å². The number of hydrogen-bond acceptors (Lipinski definition) is 6. The third kappa shape index (κ3) is 7.08. The van der Waals surface area contributed by atoms with E-state index < -0.39 is 17.7 Å². The Morgan fingerprint density at radius 1 is 1.20 bits per heavy atom. The monoisotopic (exact) mass is 490 g/mol. The third-order valence-corrected chi connectivity index (χ3v) is 6.14. The predicted octanol–water partition coefficient (Wildman–Crippen LogP) is 3.47. The topological polar surface area (TPSA) is 101 Å². The summed E-state index contributed by atoms with van der Waals surface area (Å²) in [5.74, 6) is -0.378. The van der Waals surface area contributed by atoms with E-state index in [2.05, 4.69) is 5.48 Å². The minimum Gasteiger partial charge on any atom is -0.444 e. The third-order valence-electron chi connectivity index (χ3n) is 6.14. The van der Waals surface area contributed by atoms with Gasteiger partial charge in [0.1, 0.15) is 18.2 Å². The van der Waals surface area contributed by atoms with Crippen molar-refractivity contribution < 1.29 is 28.8 Å². The van der Waals surface area contributed by atoms with Crippen LogP contribution in [0.25, 0.3) is 0 Å². The second-order valence-electron chi connectivity index (χ2n) is 10.1. The highest BCUT2D eigenvalue weighted by molar-refractivity contribution is 5.88. The molecule has 4 amide bonds. The number of carbonyl (C=O) groups is 3. The summed E-state index contributed by atoms with van der Waals surface area (Å²) < 4.78 is 5.44. The molecular formula is C25H38N4O6. The summed E-state index contributed by atoms with van der Waals surface area (Å²) in [5, 5.41) is 1.40. The van der Waals surface area contributed by atoms with Crippen LogP contribution in [-0.4, -0.2) is 76.8 Å². The van der Waals surface area contributed by atoms with Crippen LogP contribution in [0.3, 0.4) is 0 Å². The number of rotatable bonds is 10. The number of piperidine rings is 1. The fourth-order valence-electron chi connectivity index (χ4n) is 4.27. The molecule has 35 heavy (non-hydrogen) atoms. The van der Waals surface area contributed by atoms with Crippen molar-refractivity contribution in [1.29, 1.82) is 0 Å². The number of amides is 4. The van der Waals surface area contributed by atoms with E-state index >= 15 is 0 Å². The van der Waals surface area contributed by atoms with Gasteiger partial charge in [0.15, 0.2) is 0 Å². The summed E-state index contributed by atoms with van der Waals surface area (Å²) in [5.41, 5.74) is 2.86. The number of carbonyl (C=O) groups excluding carboxylic acids is 3. The Labute approximate surface area is 207 Å². The lowest BCUT2D eigenvalue weighted by atomic mass is 10.0. The first-order chi connectivity index (χ1) is 16.6. The number of urea groups is 1. The predicted molar refractivity (Wildman–Crippen MR) is 129 cm³/mol. The lowest BCUT2D eigenvalue weighted by molar-refractivity contribution is -0.141. The van der Waals surface area contributed by atoms with Gasteiger partial charge >= 0.3 is 12.1 Å². The minimum absolute atomic E-state index is 0.0763. The van der Waals surface area contributed by atoms with Crippen molar-refractivity contribution in [3.05, 3.63) is 35.9 Å². The maximum atomic E-state index is 12.9. The molecule has 3 unspecified atom stereocenters. The number of fused-ring (bicyclic) bond motifs is 2. The maximum Gasteiger partial charge on any atom is 0.410 e. The summed E-state index contributed by atoms with van der Waals surface area (Å²) in [7, 11) is 1.66. The van der Waals surface area contributed by atoms with Crippen molar-refractivity contribution in [2.75, 3.05) is 20.2 Å². The van der Waals surface area contributed by atoms with Gasteiger partial charge in [-0.3, -0.25) is 14.5 Å². The summed E-state index contributed by atoms with van der Waals surface area (Å²) in [6.07, 6.45) is 2.26. The van der Waals surface area contributed by atoms with Crippen LogP contribution in [-0.2, 0) is 25.8 Å². The molecule has 194 valence electrons. The van der Waals surface area contributed by atoms with Gasteiger partial charge in [0.05, 0.1) is 18.7 Å². The van der Waals surface area contributed by atoms with Gasteiger partial charge in [-0.2, -0.15) is 5.06 Å². The van der Waals surface area contributed by atoms with Gasteiger partial charge in [0, 0.05) is 13.6 Å². The van der Waals surface area contributed by atoms with Gasteiger partial charge in [-0.05, 0) is 45.6 Å². The first kappa shape index (κ1) is 26.7. The summed E-state index contributed by atoms with van der Waals surface area (Å²) in [6, 6.07) is 8.36. The van der Waals surface area contributed by atoms with Crippen molar-refractivity contribution in [1.82, 2.24) is 20.3 Å². The van der Waals surface area contributed by atoms with E-state index in [1.807, 2.05) is 58.0 Å². The smallest absolute Gasteiger partial charge is 0.410 e. The standard InChI is InChI=1S/C25H38N4O6/c1-6-10-20(27(5)24(32)35-25(2,3)4)17-33-26-22(30)21-14-13-19-15-28(21)23(31)29(19)34-16-18-11-8-7-9-12-18/h7-9,11-12,19-21H,6,10,13-17H2,1-5H3,(H,26,30). The van der Waals surface area contributed by atoms with Crippen LogP contribution in [0.1, 0.15) is 58.9 Å². The zero-order valence-electron chi connectivity index (χ0n) is 21.4. The van der Waals surface area contributed by atoms with Gasteiger partial charge in [-0.15, -0.1) is 0 Å². The largest absolute Gasteiger partial charge is 0.444 e. The van der Waals surface area contributed by atoms with Crippen LogP contribution in [0, 0.1) is 0 Å². The van der Waals surface area contributed by atoms with E-state index in [9.17, 15) is 14.4 Å². The Hall–Kier alpha value is -2.85. The first-order valence-electron chi connectivity index (χ1n) is 12.2. The zero-order chi connectivity index (χ0) is 25.6. The molecule has 10 nitrogen and oxygen atoms in total. The van der Waals surface area contributed by atoms with Crippen molar-refractivity contribution in [3.8, 4) is 0 Å². The number of nitrogens with zero attached hydrogens (tertiary/aromatic N) is 3. The zero-order valence-corrected chi connectivity index (χ0v) is 21.4. The number of hydrogen-bond donors (Lipinski definition) is 1. The van der Waals surface area contributed by atoms with Crippen LogP contribution in [0.4, 0.5) is 9.59 Å². The number of benzene rings is 1. The second-order valence-corrected chi connectivity index (χ2v) is 10.1. The lowest BCUT2D eigenvalue weighted by Crippen LogP contribution is -2.50. The van der Waals surface area contributed by atoms with Gasteiger partial charge in [-0.1, -0.05) is 43.7 Å². The van der Waals surface area contributed by atoms with Crippen molar-refractivity contribution in [2.24, 2.45) is 0 Å². The molecule has 2 aliphatic heterocycles. The quantitative estimate of drug-likeness (QED) is 0.504.